The molecule has 2 aliphatic heterocycles. The van der Waals surface area contributed by atoms with Gasteiger partial charge in [0.15, 0.2) is 5.69 Å². The van der Waals surface area contributed by atoms with Crippen molar-refractivity contribution in [1.82, 2.24) is 19.4 Å². The van der Waals surface area contributed by atoms with Crippen LogP contribution in [0.1, 0.15) is 35.3 Å². The van der Waals surface area contributed by atoms with Crippen molar-refractivity contribution in [3.05, 3.63) is 103 Å². The van der Waals surface area contributed by atoms with Crippen molar-refractivity contribution < 1.29 is 14.6 Å². The first-order valence-corrected chi connectivity index (χ1v) is 16.0. The molecule has 2 atom stereocenters. The molecule has 7 rings (SSSR count). The van der Waals surface area contributed by atoms with Crippen LogP contribution in [0.3, 0.4) is 0 Å². The number of benzene rings is 3. The fourth-order valence-corrected chi connectivity index (χ4v) is 6.70. The van der Waals surface area contributed by atoms with Gasteiger partial charge < -0.3 is 19.6 Å². The average Bonchev–Trinajstić information content (AvgIpc) is 3.84. The summed E-state index contributed by atoms with van der Waals surface area (Å²) < 4.78 is 7.62. The van der Waals surface area contributed by atoms with Crippen molar-refractivity contribution in [2.24, 2.45) is 5.92 Å². The summed E-state index contributed by atoms with van der Waals surface area (Å²) in [5, 5.41) is 11.0. The number of nitrogens with zero attached hydrogens (tertiary/aromatic N) is 5. The predicted molar refractivity (Wildman–Crippen MR) is 172 cm³/mol. The summed E-state index contributed by atoms with van der Waals surface area (Å²) in [5.41, 5.74) is 5.56. The normalized spacial score (nSPS) is 20.1. The van der Waals surface area contributed by atoms with Crippen LogP contribution in [-0.2, 0) is 11.3 Å². The minimum absolute atomic E-state index is 0.0701. The highest BCUT2D eigenvalue weighted by molar-refractivity contribution is 5.99. The second-order valence-electron chi connectivity index (χ2n) is 12.3. The third-order valence-corrected chi connectivity index (χ3v) is 9.26. The number of morpholine rings is 1. The molecule has 4 aromatic rings. The van der Waals surface area contributed by atoms with Gasteiger partial charge >= 0.3 is 0 Å². The number of carbonyl (C=O) groups excluding carboxylic acids is 1. The summed E-state index contributed by atoms with van der Waals surface area (Å²) in [4.78, 5) is 26.1. The highest BCUT2D eigenvalue weighted by Gasteiger charge is 2.38. The first-order chi connectivity index (χ1) is 21.6. The molecule has 3 aromatic carbocycles. The minimum Gasteiger partial charge on any atom is -0.393 e. The zero-order valence-electron chi connectivity index (χ0n) is 25.2. The summed E-state index contributed by atoms with van der Waals surface area (Å²) in [5.74, 6) is 0.286. The lowest BCUT2D eigenvalue weighted by Gasteiger charge is -2.42. The van der Waals surface area contributed by atoms with Crippen molar-refractivity contribution in [3.8, 4) is 16.9 Å². The summed E-state index contributed by atoms with van der Waals surface area (Å²) >= 11 is 0. The summed E-state index contributed by atoms with van der Waals surface area (Å²) in [7, 11) is 0. The summed E-state index contributed by atoms with van der Waals surface area (Å²) in [6.07, 6.45) is 4.13. The van der Waals surface area contributed by atoms with Gasteiger partial charge in [0, 0.05) is 62.2 Å². The van der Waals surface area contributed by atoms with E-state index >= 15 is 0 Å². The average molecular weight is 592 g/mol. The van der Waals surface area contributed by atoms with Gasteiger partial charge in [0.2, 0.25) is 0 Å². The highest BCUT2D eigenvalue weighted by Crippen LogP contribution is 2.36. The maximum absolute atomic E-state index is 14.5. The van der Waals surface area contributed by atoms with Gasteiger partial charge in [0.25, 0.3) is 5.91 Å². The Hall–Kier alpha value is -3.98. The van der Waals surface area contributed by atoms with Crippen LogP contribution in [0.15, 0.2) is 91.3 Å². The van der Waals surface area contributed by atoms with Crippen LogP contribution >= 0.6 is 0 Å². The molecule has 1 amide bonds. The van der Waals surface area contributed by atoms with Crippen LogP contribution in [0.25, 0.3) is 16.9 Å². The van der Waals surface area contributed by atoms with Gasteiger partial charge in [-0.2, -0.15) is 0 Å². The van der Waals surface area contributed by atoms with Crippen molar-refractivity contribution >= 4 is 11.6 Å². The molecule has 8 nitrogen and oxygen atoms in total. The number of amides is 1. The zero-order valence-corrected chi connectivity index (χ0v) is 25.2. The molecule has 228 valence electrons. The molecular formula is C36H41N5O3. The Bertz CT molecular complexity index is 1550. The SMILES string of the molecule is O=C(c1ncn(-c2cccc(N3CCOCC3)c2)c1-c1ccccc1)N1CCN(Cc2ccccc2)C[C@H]1C[C@H](O)C1CC1. The molecule has 44 heavy (non-hydrogen) atoms. The Labute approximate surface area is 259 Å². The Kier molecular flexibility index (Phi) is 8.46. The molecule has 0 radical (unpaired) electrons. The maximum Gasteiger partial charge on any atom is 0.275 e. The number of anilines is 1. The third-order valence-electron chi connectivity index (χ3n) is 9.26. The second-order valence-corrected chi connectivity index (χ2v) is 12.3. The van der Waals surface area contributed by atoms with Gasteiger partial charge in [-0.3, -0.25) is 14.3 Å². The van der Waals surface area contributed by atoms with Crippen LogP contribution in [0.4, 0.5) is 5.69 Å². The van der Waals surface area contributed by atoms with E-state index in [1.165, 1.54) is 5.56 Å². The van der Waals surface area contributed by atoms with Gasteiger partial charge in [-0.1, -0.05) is 66.7 Å². The molecule has 8 heteroatoms. The first kappa shape index (κ1) is 28.8. The van der Waals surface area contributed by atoms with Gasteiger partial charge in [-0.05, 0) is 48.9 Å². The van der Waals surface area contributed by atoms with Gasteiger partial charge in [-0.25, -0.2) is 4.98 Å². The number of imidazole rings is 1. The number of hydrogen-bond acceptors (Lipinski definition) is 6. The fraction of sp³-hybridized carbons (Fsp3) is 0.389. The smallest absolute Gasteiger partial charge is 0.275 e. The van der Waals surface area contributed by atoms with E-state index in [2.05, 4.69) is 58.3 Å². The second kappa shape index (κ2) is 12.9. The number of hydrogen-bond donors (Lipinski definition) is 1. The number of piperazine rings is 1. The van der Waals surface area contributed by atoms with Gasteiger partial charge in [0.1, 0.15) is 6.33 Å². The predicted octanol–water partition coefficient (Wildman–Crippen LogP) is 4.86. The molecule has 0 unspecified atom stereocenters. The molecule has 3 heterocycles. The van der Waals surface area contributed by atoms with E-state index in [1.54, 1.807) is 6.33 Å². The van der Waals surface area contributed by atoms with Crippen LogP contribution in [-0.4, -0.2) is 88.4 Å². The summed E-state index contributed by atoms with van der Waals surface area (Å²) in [6, 6.07) is 28.9. The van der Waals surface area contributed by atoms with Crippen molar-refractivity contribution in [3.63, 3.8) is 0 Å². The number of aliphatic hydroxyl groups excluding tert-OH is 1. The Morgan fingerprint density at radius 3 is 2.36 bits per heavy atom. The summed E-state index contributed by atoms with van der Waals surface area (Å²) in [6.45, 7) is 6.09. The lowest BCUT2D eigenvalue weighted by atomic mass is 10.00. The molecule has 3 fully saturated rings. The Morgan fingerprint density at radius 1 is 0.886 bits per heavy atom. The lowest BCUT2D eigenvalue weighted by Crippen LogP contribution is -2.56. The molecule has 1 saturated carbocycles. The molecule has 2 saturated heterocycles. The lowest BCUT2D eigenvalue weighted by molar-refractivity contribution is 0.0244. The Balaban J connectivity index is 1.20. The van der Waals surface area contributed by atoms with E-state index in [0.717, 1.165) is 81.4 Å². The topological polar surface area (TPSA) is 74.1 Å². The Morgan fingerprint density at radius 2 is 1.61 bits per heavy atom. The number of aliphatic hydroxyl groups is 1. The largest absolute Gasteiger partial charge is 0.393 e. The number of carbonyl (C=O) groups is 1. The maximum atomic E-state index is 14.5. The van der Waals surface area contributed by atoms with E-state index in [1.807, 2.05) is 45.9 Å². The standard InChI is InChI=1S/C36H41N5O3/c42-33(28-14-15-28)23-32-25-38(24-27-8-3-1-4-9-27)16-17-40(32)36(43)34-35(29-10-5-2-6-11-29)41(26-37-34)31-13-7-12-30(22-31)39-18-20-44-21-19-39/h1-13,22,26,28,32-33,42H,14-21,23-25H2/t32-,33+/m1/s1. The zero-order chi connectivity index (χ0) is 29.9. The molecule has 1 aromatic heterocycles. The quantitative estimate of drug-likeness (QED) is 0.300. The molecular weight excluding hydrogens is 550 g/mol. The molecule has 0 bridgehead atoms. The van der Waals surface area contributed by atoms with Crippen LogP contribution in [0.2, 0.25) is 0 Å². The third kappa shape index (κ3) is 6.29. The van der Waals surface area contributed by atoms with Crippen molar-refractivity contribution in [1.29, 1.82) is 0 Å². The molecule has 0 spiro atoms. The highest BCUT2D eigenvalue weighted by atomic mass is 16.5. The van der Waals surface area contributed by atoms with Gasteiger partial charge in [0.05, 0.1) is 25.0 Å². The van der Waals surface area contributed by atoms with E-state index < -0.39 is 0 Å². The van der Waals surface area contributed by atoms with E-state index in [-0.39, 0.29) is 18.1 Å². The number of ether oxygens (including phenoxy) is 1. The van der Waals surface area contributed by atoms with Crippen LogP contribution in [0, 0.1) is 5.92 Å². The molecule has 1 aliphatic carbocycles. The van der Waals surface area contributed by atoms with Crippen molar-refractivity contribution in [2.75, 3.05) is 50.8 Å². The van der Waals surface area contributed by atoms with Crippen LogP contribution < -0.4 is 4.90 Å². The molecule has 1 N–H and O–H groups in total. The first-order valence-electron chi connectivity index (χ1n) is 16.0. The van der Waals surface area contributed by atoms with E-state index in [9.17, 15) is 9.90 Å². The van der Waals surface area contributed by atoms with Gasteiger partial charge in [-0.15, -0.1) is 0 Å². The monoisotopic (exact) mass is 591 g/mol. The van der Waals surface area contributed by atoms with E-state index in [4.69, 9.17) is 9.72 Å². The minimum atomic E-state index is -0.388. The van der Waals surface area contributed by atoms with Crippen molar-refractivity contribution in [2.45, 2.75) is 38.0 Å². The number of aromatic nitrogens is 2. The fourth-order valence-electron chi connectivity index (χ4n) is 6.70. The molecule has 3 aliphatic rings. The number of rotatable bonds is 9. The van der Waals surface area contributed by atoms with Crippen LogP contribution in [0.5, 0.6) is 0 Å². The van der Waals surface area contributed by atoms with E-state index in [0.29, 0.717) is 24.6 Å².